The lowest BCUT2D eigenvalue weighted by Crippen LogP contribution is -2.29. The molecule has 0 amide bonds. The smallest absolute Gasteiger partial charge is 0.305 e. The largest absolute Gasteiger partial charge is 0.481 e. The van der Waals surface area contributed by atoms with E-state index in [-0.39, 0.29) is 23.1 Å². The number of rotatable bonds is 4. The Morgan fingerprint density at radius 3 is 2.79 bits per heavy atom. The van der Waals surface area contributed by atoms with Gasteiger partial charge in [0, 0.05) is 25.2 Å². The molecule has 2 heterocycles. The van der Waals surface area contributed by atoms with Crippen LogP contribution in [0.15, 0.2) is 9.00 Å². The summed E-state index contributed by atoms with van der Waals surface area (Å²) >= 11 is 0.666. The van der Waals surface area contributed by atoms with Crippen molar-refractivity contribution in [3.8, 4) is 0 Å². The van der Waals surface area contributed by atoms with Crippen LogP contribution in [0.3, 0.4) is 0 Å². The molecular formula is C10H14N2O5S2. The number of nitrogens with one attached hydrogen (secondary N) is 1. The molecule has 1 saturated heterocycles. The summed E-state index contributed by atoms with van der Waals surface area (Å²) in [7, 11) is -3.69. The van der Waals surface area contributed by atoms with E-state index in [0.717, 1.165) is 0 Å². The van der Waals surface area contributed by atoms with Gasteiger partial charge in [0.15, 0.2) is 4.21 Å². The van der Waals surface area contributed by atoms with E-state index in [2.05, 4.69) is 4.98 Å². The predicted octanol–water partition coefficient (Wildman–Crippen LogP) is 0.230. The third-order valence-corrected chi connectivity index (χ3v) is 6.51. The van der Waals surface area contributed by atoms with E-state index in [9.17, 15) is 18.0 Å². The SMILES string of the molecule is Cc1[nH]c(=O)sc1S(=O)(=O)N1CCC(CC(=O)O)C1. The molecule has 1 aromatic rings. The molecule has 1 aromatic heterocycles. The lowest BCUT2D eigenvalue weighted by molar-refractivity contribution is -0.137. The maximum Gasteiger partial charge on any atom is 0.305 e. The fourth-order valence-electron chi connectivity index (χ4n) is 2.18. The maximum absolute atomic E-state index is 12.3. The summed E-state index contributed by atoms with van der Waals surface area (Å²) in [4.78, 5) is 23.8. The standard InChI is InChI=1S/C10H14N2O5S2/c1-6-9(18-10(15)11-6)19(16,17)12-3-2-7(5-12)4-8(13)14/h7H,2-5H2,1H3,(H,11,15)(H,13,14). The second kappa shape index (κ2) is 5.06. The fourth-order valence-corrected chi connectivity index (χ4v) is 5.15. The molecule has 1 atom stereocenters. The van der Waals surface area contributed by atoms with Crippen molar-refractivity contribution in [3.63, 3.8) is 0 Å². The van der Waals surface area contributed by atoms with Crippen LogP contribution in [-0.2, 0) is 14.8 Å². The summed E-state index contributed by atoms with van der Waals surface area (Å²) in [5, 5.41) is 8.72. The first kappa shape index (κ1) is 14.2. The van der Waals surface area contributed by atoms with E-state index in [1.165, 1.54) is 11.2 Å². The van der Waals surface area contributed by atoms with E-state index in [1.54, 1.807) is 0 Å². The van der Waals surface area contributed by atoms with E-state index >= 15 is 0 Å². The number of sulfonamides is 1. The summed E-state index contributed by atoms with van der Waals surface area (Å²) in [6, 6.07) is 0. The van der Waals surface area contributed by atoms with Crippen LogP contribution >= 0.6 is 11.3 Å². The van der Waals surface area contributed by atoms with Gasteiger partial charge in [0.05, 0.1) is 0 Å². The van der Waals surface area contributed by atoms with Crippen LogP contribution in [0.4, 0.5) is 0 Å². The summed E-state index contributed by atoms with van der Waals surface area (Å²) in [5.41, 5.74) is 0.330. The minimum atomic E-state index is -3.69. The Labute approximate surface area is 113 Å². The van der Waals surface area contributed by atoms with E-state index < -0.39 is 20.9 Å². The zero-order valence-electron chi connectivity index (χ0n) is 10.2. The number of aliphatic carboxylic acids is 1. The maximum atomic E-state index is 12.3. The Morgan fingerprint density at radius 2 is 2.26 bits per heavy atom. The monoisotopic (exact) mass is 306 g/mol. The van der Waals surface area contributed by atoms with E-state index in [0.29, 0.717) is 30.0 Å². The Balaban J connectivity index is 2.21. The molecule has 0 bridgehead atoms. The van der Waals surface area contributed by atoms with E-state index in [4.69, 9.17) is 5.11 Å². The second-order valence-corrected chi connectivity index (χ2v) is 7.66. The summed E-state index contributed by atoms with van der Waals surface area (Å²) < 4.78 is 25.9. The molecule has 9 heteroatoms. The van der Waals surface area contributed by atoms with Crippen LogP contribution in [0, 0.1) is 12.8 Å². The molecule has 0 spiro atoms. The van der Waals surface area contributed by atoms with Gasteiger partial charge >= 0.3 is 10.8 Å². The summed E-state index contributed by atoms with van der Waals surface area (Å²) in [6.07, 6.45) is 0.498. The Morgan fingerprint density at radius 1 is 1.58 bits per heavy atom. The zero-order chi connectivity index (χ0) is 14.2. The van der Waals surface area contributed by atoms with Gasteiger partial charge in [-0.1, -0.05) is 11.3 Å². The molecule has 106 valence electrons. The first-order chi connectivity index (χ1) is 8.80. The highest BCUT2D eigenvalue weighted by Gasteiger charge is 2.35. The fraction of sp³-hybridized carbons (Fsp3) is 0.600. The van der Waals surface area contributed by atoms with Gasteiger partial charge in [0.2, 0.25) is 0 Å². The molecule has 0 aromatic carbocycles. The lowest BCUT2D eigenvalue weighted by Gasteiger charge is -2.15. The highest BCUT2D eigenvalue weighted by atomic mass is 32.2. The first-order valence-electron chi connectivity index (χ1n) is 5.72. The van der Waals surface area contributed by atoms with Crippen molar-refractivity contribution >= 4 is 27.3 Å². The van der Waals surface area contributed by atoms with Gasteiger partial charge in [-0.05, 0) is 19.3 Å². The van der Waals surface area contributed by atoms with Crippen LogP contribution in [0.1, 0.15) is 18.5 Å². The topological polar surface area (TPSA) is 108 Å². The third-order valence-electron chi connectivity index (χ3n) is 3.07. The van der Waals surface area contributed by atoms with Gasteiger partial charge in [-0.2, -0.15) is 4.31 Å². The Kier molecular flexibility index (Phi) is 3.79. The van der Waals surface area contributed by atoms with Crippen molar-refractivity contribution in [1.82, 2.24) is 9.29 Å². The predicted molar refractivity (Wildman–Crippen MR) is 68.8 cm³/mol. The number of nitrogens with zero attached hydrogens (tertiary/aromatic N) is 1. The molecule has 1 unspecified atom stereocenters. The number of aromatic amines is 1. The van der Waals surface area contributed by atoms with Crippen molar-refractivity contribution in [3.05, 3.63) is 15.4 Å². The molecule has 2 N–H and O–H groups in total. The number of H-pyrrole nitrogens is 1. The van der Waals surface area contributed by atoms with Crippen LogP contribution in [-0.4, -0.2) is 41.9 Å². The molecule has 7 nitrogen and oxygen atoms in total. The highest BCUT2D eigenvalue weighted by Crippen LogP contribution is 2.28. The molecule has 1 aliphatic rings. The van der Waals surface area contributed by atoms with Crippen molar-refractivity contribution in [2.24, 2.45) is 5.92 Å². The number of carboxylic acid groups (broad SMARTS) is 1. The quantitative estimate of drug-likeness (QED) is 0.828. The number of hydrogen-bond donors (Lipinski definition) is 2. The van der Waals surface area contributed by atoms with Gasteiger partial charge in [-0.25, -0.2) is 8.42 Å². The van der Waals surface area contributed by atoms with Crippen LogP contribution in [0.25, 0.3) is 0 Å². The lowest BCUT2D eigenvalue weighted by atomic mass is 10.1. The van der Waals surface area contributed by atoms with Crippen LogP contribution in [0.5, 0.6) is 0 Å². The number of aryl methyl sites for hydroxylation is 1. The molecule has 0 aliphatic carbocycles. The Hall–Kier alpha value is -1.19. The minimum absolute atomic E-state index is 0.0217. The van der Waals surface area contributed by atoms with E-state index in [1.807, 2.05) is 0 Å². The molecule has 2 rings (SSSR count). The molecule has 0 saturated carbocycles. The van der Waals surface area contributed by atoms with Crippen molar-refractivity contribution in [1.29, 1.82) is 0 Å². The van der Waals surface area contributed by atoms with Gasteiger partial charge in [-0.15, -0.1) is 0 Å². The first-order valence-corrected chi connectivity index (χ1v) is 7.98. The molecule has 0 radical (unpaired) electrons. The molecule has 1 fully saturated rings. The zero-order valence-corrected chi connectivity index (χ0v) is 11.9. The van der Waals surface area contributed by atoms with Crippen LogP contribution in [0.2, 0.25) is 0 Å². The number of carbonyl (C=O) groups is 1. The highest BCUT2D eigenvalue weighted by molar-refractivity contribution is 7.91. The Bertz CT molecular complexity index is 645. The van der Waals surface area contributed by atoms with Gasteiger partial charge in [0.1, 0.15) is 0 Å². The third kappa shape index (κ3) is 2.88. The average Bonchev–Trinajstić information content (AvgIpc) is 2.85. The number of hydrogen-bond acceptors (Lipinski definition) is 5. The summed E-state index contributed by atoms with van der Waals surface area (Å²) in [5.74, 6) is -1.09. The molecular weight excluding hydrogens is 292 g/mol. The number of thiazole rings is 1. The molecule has 19 heavy (non-hydrogen) atoms. The van der Waals surface area contributed by atoms with Gasteiger partial charge < -0.3 is 10.1 Å². The van der Waals surface area contributed by atoms with Gasteiger partial charge in [-0.3, -0.25) is 9.59 Å². The van der Waals surface area contributed by atoms with Crippen molar-refractivity contribution in [2.75, 3.05) is 13.1 Å². The number of carboxylic acids is 1. The second-order valence-electron chi connectivity index (χ2n) is 4.54. The summed E-state index contributed by atoms with van der Waals surface area (Å²) in [6.45, 7) is 2.03. The molecule has 1 aliphatic heterocycles. The average molecular weight is 306 g/mol. The normalized spacial score (nSPS) is 20.8. The minimum Gasteiger partial charge on any atom is -0.481 e. The number of aromatic nitrogens is 1. The van der Waals surface area contributed by atoms with Crippen LogP contribution < -0.4 is 4.87 Å². The van der Waals surface area contributed by atoms with Crippen molar-refractivity contribution < 1.29 is 18.3 Å². The van der Waals surface area contributed by atoms with Crippen molar-refractivity contribution in [2.45, 2.75) is 24.0 Å². The van der Waals surface area contributed by atoms with Gasteiger partial charge in [0.25, 0.3) is 10.0 Å².